The summed E-state index contributed by atoms with van der Waals surface area (Å²) >= 11 is 0. The van der Waals surface area contributed by atoms with Gasteiger partial charge >= 0.3 is 0 Å². The summed E-state index contributed by atoms with van der Waals surface area (Å²) in [5, 5.41) is 16.2. The highest BCUT2D eigenvalue weighted by Gasteiger charge is 2.20. The van der Waals surface area contributed by atoms with Crippen molar-refractivity contribution in [2.24, 2.45) is 0 Å². The van der Waals surface area contributed by atoms with E-state index in [4.69, 9.17) is 4.74 Å². The third kappa shape index (κ3) is 3.92. The van der Waals surface area contributed by atoms with Gasteiger partial charge in [-0.15, -0.1) is 0 Å². The maximum atomic E-state index is 11.9. The maximum Gasteiger partial charge on any atom is 0.293 e. The maximum absolute atomic E-state index is 11.9. The molecule has 1 aromatic rings. The van der Waals surface area contributed by atoms with Crippen molar-refractivity contribution in [2.75, 3.05) is 32.1 Å². The van der Waals surface area contributed by atoms with Crippen molar-refractivity contribution in [1.29, 1.82) is 0 Å². The van der Waals surface area contributed by atoms with Crippen molar-refractivity contribution >= 4 is 17.3 Å². The Kier molecular flexibility index (Phi) is 5.74. The molecule has 19 heavy (non-hydrogen) atoms. The fraction of sp³-hybridized carbons (Fsp3) is 0.417. The number of benzene rings is 1. The number of nitro groups is 1. The van der Waals surface area contributed by atoms with Gasteiger partial charge in [-0.2, -0.15) is 0 Å². The van der Waals surface area contributed by atoms with Crippen LogP contribution in [0.4, 0.5) is 11.4 Å². The Bertz CT molecular complexity index is 462. The zero-order valence-electron chi connectivity index (χ0n) is 10.9. The first-order valence-electron chi connectivity index (χ1n) is 5.92. The Morgan fingerprint density at radius 2 is 2.21 bits per heavy atom. The first-order valence-corrected chi connectivity index (χ1v) is 5.92. The highest BCUT2D eigenvalue weighted by atomic mass is 16.6. The number of anilines is 1. The van der Waals surface area contributed by atoms with Crippen LogP contribution in [0.15, 0.2) is 18.2 Å². The first-order chi connectivity index (χ1) is 9.11. The van der Waals surface area contributed by atoms with Crippen LogP contribution in [-0.4, -0.2) is 37.6 Å². The molecule has 0 heterocycles. The number of ether oxygens (including phenoxy) is 1. The van der Waals surface area contributed by atoms with E-state index < -0.39 is 4.92 Å². The molecule has 1 rings (SSSR count). The van der Waals surface area contributed by atoms with Gasteiger partial charge in [-0.05, 0) is 13.0 Å². The van der Waals surface area contributed by atoms with Gasteiger partial charge in [-0.1, -0.05) is 6.07 Å². The Morgan fingerprint density at radius 1 is 1.47 bits per heavy atom. The summed E-state index contributed by atoms with van der Waals surface area (Å²) in [6.07, 6.45) is 0. The van der Waals surface area contributed by atoms with E-state index in [-0.39, 0.29) is 22.8 Å². The number of para-hydroxylation sites is 1. The second kappa shape index (κ2) is 7.32. The summed E-state index contributed by atoms with van der Waals surface area (Å²) in [5.41, 5.74) is 0.328. The molecule has 0 unspecified atom stereocenters. The lowest BCUT2D eigenvalue weighted by Gasteiger charge is -2.10. The van der Waals surface area contributed by atoms with Gasteiger partial charge in [0, 0.05) is 26.3 Å². The molecule has 104 valence electrons. The van der Waals surface area contributed by atoms with Crippen LogP contribution < -0.4 is 10.6 Å². The van der Waals surface area contributed by atoms with Crippen molar-refractivity contribution in [2.45, 2.75) is 6.92 Å². The lowest BCUT2D eigenvalue weighted by atomic mass is 10.1. The molecular formula is C12H17N3O4. The van der Waals surface area contributed by atoms with Crippen LogP contribution in [0.2, 0.25) is 0 Å². The Morgan fingerprint density at radius 3 is 2.79 bits per heavy atom. The van der Waals surface area contributed by atoms with Crippen LogP contribution in [0.5, 0.6) is 0 Å². The number of nitrogens with one attached hydrogen (secondary N) is 2. The van der Waals surface area contributed by atoms with Crippen LogP contribution >= 0.6 is 0 Å². The van der Waals surface area contributed by atoms with E-state index >= 15 is 0 Å². The Labute approximate surface area is 111 Å². The molecule has 1 aromatic carbocycles. The number of nitro benzene ring substituents is 1. The molecule has 0 bridgehead atoms. The number of amides is 1. The fourth-order valence-corrected chi connectivity index (χ4v) is 1.62. The van der Waals surface area contributed by atoms with Crippen LogP contribution in [0, 0.1) is 10.1 Å². The Hall–Kier alpha value is -2.15. The molecule has 1 amide bonds. The predicted octanol–water partition coefficient (Wildman–Crippen LogP) is 1.40. The quantitative estimate of drug-likeness (QED) is 0.442. The molecule has 0 aliphatic rings. The number of nitrogens with zero attached hydrogens (tertiary/aromatic N) is 1. The number of hydrogen-bond acceptors (Lipinski definition) is 5. The first kappa shape index (κ1) is 14.9. The Balaban J connectivity index is 2.84. The van der Waals surface area contributed by atoms with E-state index in [0.717, 1.165) is 0 Å². The van der Waals surface area contributed by atoms with Crippen LogP contribution in [0.25, 0.3) is 0 Å². The van der Waals surface area contributed by atoms with Crippen LogP contribution in [0.1, 0.15) is 17.3 Å². The van der Waals surface area contributed by atoms with Gasteiger partial charge in [-0.3, -0.25) is 14.9 Å². The normalized spacial score (nSPS) is 10.0. The van der Waals surface area contributed by atoms with Gasteiger partial charge in [0.1, 0.15) is 5.69 Å². The van der Waals surface area contributed by atoms with E-state index in [0.29, 0.717) is 19.8 Å². The number of hydrogen-bond donors (Lipinski definition) is 2. The molecule has 0 aromatic heterocycles. The molecule has 0 saturated heterocycles. The standard InChI is InChI=1S/C12H17N3O4/c1-3-19-8-7-14-12(16)9-5-4-6-10(15(17)18)11(9)13-2/h4-6,13H,3,7-8H2,1-2H3,(H,14,16). The number of rotatable bonds is 7. The number of carbonyl (C=O) groups excluding carboxylic acids is 1. The average Bonchev–Trinajstić information content (AvgIpc) is 2.42. The van der Waals surface area contributed by atoms with Gasteiger partial charge in [0.25, 0.3) is 11.6 Å². The topological polar surface area (TPSA) is 93.5 Å². The van der Waals surface area contributed by atoms with Gasteiger partial charge in [0.15, 0.2) is 0 Å². The lowest BCUT2D eigenvalue weighted by molar-refractivity contribution is -0.384. The SMILES string of the molecule is CCOCCNC(=O)c1cccc([N+](=O)[O-])c1NC. The smallest absolute Gasteiger partial charge is 0.293 e. The second-order valence-corrected chi connectivity index (χ2v) is 3.66. The van der Waals surface area contributed by atoms with Crippen molar-refractivity contribution in [3.63, 3.8) is 0 Å². The molecule has 7 heteroatoms. The van der Waals surface area contributed by atoms with E-state index in [1.165, 1.54) is 18.2 Å². The van der Waals surface area contributed by atoms with Crippen molar-refractivity contribution in [1.82, 2.24) is 5.32 Å². The molecule has 7 nitrogen and oxygen atoms in total. The van der Waals surface area contributed by atoms with E-state index in [9.17, 15) is 14.9 Å². The highest BCUT2D eigenvalue weighted by molar-refractivity contribution is 6.01. The zero-order chi connectivity index (χ0) is 14.3. The molecule has 0 fully saturated rings. The molecule has 0 radical (unpaired) electrons. The van der Waals surface area contributed by atoms with Crippen molar-refractivity contribution < 1.29 is 14.5 Å². The summed E-state index contributed by atoms with van der Waals surface area (Å²) in [5.74, 6) is -0.368. The molecule has 0 spiro atoms. The molecule has 0 aliphatic heterocycles. The lowest BCUT2D eigenvalue weighted by Crippen LogP contribution is -2.28. The van der Waals surface area contributed by atoms with E-state index in [2.05, 4.69) is 10.6 Å². The average molecular weight is 267 g/mol. The monoisotopic (exact) mass is 267 g/mol. The van der Waals surface area contributed by atoms with Gasteiger partial charge < -0.3 is 15.4 Å². The van der Waals surface area contributed by atoms with E-state index in [1.54, 1.807) is 7.05 Å². The molecular weight excluding hydrogens is 250 g/mol. The van der Waals surface area contributed by atoms with Gasteiger partial charge in [-0.25, -0.2) is 0 Å². The van der Waals surface area contributed by atoms with Gasteiger partial charge in [0.2, 0.25) is 0 Å². The third-order valence-corrected chi connectivity index (χ3v) is 2.47. The minimum atomic E-state index is -0.525. The zero-order valence-corrected chi connectivity index (χ0v) is 10.9. The predicted molar refractivity (Wildman–Crippen MR) is 71.5 cm³/mol. The minimum absolute atomic E-state index is 0.125. The summed E-state index contributed by atoms with van der Waals surface area (Å²) < 4.78 is 5.10. The van der Waals surface area contributed by atoms with Gasteiger partial charge in [0.05, 0.1) is 17.1 Å². The van der Waals surface area contributed by atoms with E-state index in [1.807, 2.05) is 6.92 Å². The molecule has 0 aliphatic carbocycles. The summed E-state index contributed by atoms with van der Waals surface area (Å²) in [7, 11) is 1.54. The number of carbonyl (C=O) groups is 1. The van der Waals surface area contributed by atoms with Crippen LogP contribution in [-0.2, 0) is 4.74 Å². The second-order valence-electron chi connectivity index (χ2n) is 3.66. The third-order valence-electron chi connectivity index (χ3n) is 2.47. The summed E-state index contributed by atoms with van der Waals surface area (Å²) in [4.78, 5) is 22.3. The fourth-order valence-electron chi connectivity index (χ4n) is 1.62. The van der Waals surface area contributed by atoms with Crippen molar-refractivity contribution in [3.8, 4) is 0 Å². The largest absolute Gasteiger partial charge is 0.382 e. The highest BCUT2D eigenvalue weighted by Crippen LogP contribution is 2.27. The van der Waals surface area contributed by atoms with Crippen molar-refractivity contribution in [3.05, 3.63) is 33.9 Å². The minimum Gasteiger partial charge on any atom is -0.382 e. The van der Waals surface area contributed by atoms with Crippen LogP contribution in [0.3, 0.4) is 0 Å². The molecule has 0 atom stereocenters. The molecule has 0 saturated carbocycles. The molecule has 2 N–H and O–H groups in total. The summed E-state index contributed by atoms with van der Waals surface area (Å²) in [6, 6.07) is 4.37. The summed E-state index contributed by atoms with van der Waals surface area (Å²) in [6.45, 7) is 3.21.